The molecule has 0 saturated heterocycles. The summed E-state index contributed by atoms with van der Waals surface area (Å²) in [6.07, 6.45) is 0. The van der Waals surface area contributed by atoms with Crippen molar-refractivity contribution >= 4 is 19.3 Å². The molecule has 0 aromatic rings. The molecule has 0 aliphatic heterocycles. The van der Waals surface area contributed by atoms with Crippen LogP contribution >= 0.6 is 0 Å². The third-order valence-corrected chi connectivity index (χ3v) is 1.55. The Kier molecular flexibility index (Phi) is 6.89. The Labute approximate surface area is 90.7 Å². The number of hydrogen-bond donors (Lipinski definition) is 1. The van der Waals surface area contributed by atoms with E-state index in [-0.39, 0.29) is 51.4 Å². The van der Waals surface area contributed by atoms with Gasteiger partial charge in [-0.05, 0) is 0 Å². The van der Waals surface area contributed by atoms with Gasteiger partial charge in [-0.1, -0.05) is 0 Å². The van der Waals surface area contributed by atoms with Crippen molar-refractivity contribution in [3.8, 4) is 0 Å². The van der Waals surface area contributed by atoms with Crippen LogP contribution in [0, 0.1) is 0 Å². The van der Waals surface area contributed by atoms with E-state index in [2.05, 4.69) is 0 Å². The minimum Gasteiger partial charge on any atom is -0.758 e. The summed E-state index contributed by atoms with van der Waals surface area (Å²) in [5.74, 6) is 0. The topological polar surface area (TPSA) is 94.5 Å². The van der Waals surface area contributed by atoms with Crippen LogP contribution in [-0.4, -0.2) is 21.7 Å². The van der Waals surface area contributed by atoms with Gasteiger partial charge >= 0.3 is 60.5 Å². The molecule has 0 fully saturated rings. The van der Waals surface area contributed by atoms with E-state index in [1.54, 1.807) is 0 Å². The summed E-state index contributed by atoms with van der Waals surface area (Å²) in [6.45, 7) is 0. The maximum Gasteiger partial charge on any atom is 1.00 e. The monoisotopic (exact) mass is 184 g/mol. The van der Waals surface area contributed by atoms with Gasteiger partial charge in [0.2, 0.25) is 0 Å². The summed E-state index contributed by atoms with van der Waals surface area (Å²) in [4.78, 5) is 0. The first kappa shape index (κ1) is 12.3. The average molecular weight is 184 g/mol. The van der Waals surface area contributed by atoms with Gasteiger partial charge in [-0.2, -0.15) is 8.42 Å². The molecule has 1 N–H and O–H groups in total. The predicted molar refractivity (Wildman–Crippen MR) is 20.5 cm³/mol. The number of rotatable bonds is 1. The van der Waals surface area contributed by atoms with E-state index in [0.29, 0.717) is 0 Å². The van der Waals surface area contributed by atoms with E-state index < -0.39 is 19.3 Å². The van der Waals surface area contributed by atoms with Gasteiger partial charge in [0.25, 0.3) is 0 Å². The third-order valence-electron chi connectivity index (χ3n) is 0.172. The van der Waals surface area contributed by atoms with Crippen LogP contribution in [0.25, 0.3) is 0 Å². The SMILES string of the molecule is O=S([O-])S(=O)(=O)O.[K+]. The third kappa shape index (κ3) is 5.79. The molecule has 0 heterocycles. The fraction of sp³-hybridized carbons (Fsp3) is 0. The van der Waals surface area contributed by atoms with Crippen molar-refractivity contribution in [2.45, 2.75) is 0 Å². The first-order valence-corrected chi connectivity index (χ1v) is 4.05. The Morgan fingerprint density at radius 1 is 1.50 bits per heavy atom. The molecular weight excluding hydrogens is 183 g/mol. The van der Waals surface area contributed by atoms with Crippen molar-refractivity contribution < 1.29 is 73.1 Å². The van der Waals surface area contributed by atoms with E-state index >= 15 is 0 Å². The second-order valence-corrected chi connectivity index (χ2v) is 3.98. The Hall–Kier alpha value is 1.66. The van der Waals surface area contributed by atoms with Crippen molar-refractivity contribution in [3.63, 3.8) is 0 Å². The zero-order valence-corrected chi connectivity index (χ0v) is 8.65. The predicted octanol–water partition coefficient (Wildman–Crippen LogP) is -4.33. The van der Waals surface area contributed by atoms with Crippen molar-refractivity contribution in [3.05, 3.63) is 0 Å². The van der Waals surface area contributed by atoms with Crippen LogP contribution in [-0.2, 0) is 19.3 Å². The van der Waals surface area contributed by atoms with Gasteiger partial charge in [-0.15, -0.1) is 0 Å². The number of hydrogen-bond acceptors (Lipinski definition) is 4. The fourth-order valence-corrected chi connectivity index (χ4v) is 0. The van der Waals surface area contributed by atoms with Crippen LogP contribution < -0.4 is 51.4 Å². The molecular formula is HKO5S2. The van der Waals surface area contributed by atoms with E-state index in [9.17, 15) is 17.2 Å². The van der Waals surface area contributed by atoms with Crippen LogP contribution in [0.2, 0.25) is 0 Å². The van der Waals surface area contributed by atoms with Gasteiger partial charge in [0.1, 0.15) is 0 Å². The molecule has 0 saturated carbocycles. The molecule has 0 aliphatic rings. The Morgan fingerprint density at radius 2 is 1.62 bits per heavy atom. The second-order valence-electron chi connectivity index (χ2n) is 0.632. The van der Waals surface area contributed by atoms with E-state index in [0.717, 1.165) is 0 Å². The summed E-state index contributed by atoms with van der Waals surface area (Å²) in [5, 5.41) is 0. The van der Waals surface area contributed by atoms with E-state index in [1.807, 2.05) is 0 Å². The summed E-state index contributed by atoms with van der Waals surface area (Å²) in [6, 6.07) is 0. The fourth-order valence-electron chi connectivity index (χ4n) is 0. The quantitative estimate of drug-likeness (QED) is 0.192. The molecule has 0 aromatic carbocycles. The molecule has 0 aliphatic carbocycles. The van der Waals surface area contributed by atoms with Gasteiger partial charge in [0, 0.05) is 0 Å². The molecule has 1 atom stereocenters. The molecule has 0 spiro atoms. The van der Waals surface area contributed by atoms with Crippen molar-refractivity contribution in [2.75, 3.05) is 0 Å². The van der Waals surface area contributed by atoms with Crippen LogP contribution in [0.3, 0.4) is 0 Å². The molecule has 0 amide bonds. The minimum absolute atomic E-state index is 0. The first-order valence-electron chi connectivity index (χ1n) is 1.02. The van der Waals surface area contributed by atoms with Crippen LogP contribution in [0.4, 0.5) is 0 Å². The Morgan fingerprint density at radius 3 is 1.62 bits per heavy atom. The minimum atomic E-state index is -4.82. The molecule has 8 heteroatoms. The molecule has 0 radical (unpaired) electrons. The van der Waals surface area contributed by atoms with Gasteiger partial charge in [0.15, 0.2) is 0 Å². The summed E-state index contributed by atoms with van der Waals surface area (Å²) >= 11 is 0. The van der Waals surface area contributed by atoms with Gasteiger partial charge in [0.05, 0.1) is 10.1 Å². The molecule has 44 valence electrons. The molecule has 8 heavy (non-hydrogen) atoms. The van der Waals surface area contributed by atoms with Crippen molar-refractivity contribution in [1.29, 1.82) is 0 Å². The largest absolute Gasteiger partial charge is 1.00 e. The van der Waals surface area contributed by atoms with Gasteiger partial charge in [-0.3, -0.25) is 8.76 Å². The summed E-state index contributed by atoms with van der Waals surface area (Å²) < 4.78 is 44.4. The average Bonchev–Trinajstić information content (AvgIpc) is 1.31. The first-order chi connectivity index (χ1) is 2.94. The molecule has 0 bridgehead atoms. The summed E-state index contributed by atoms with van der Waals surface area (Å²) in [7, 11) is -8.23. The van der Waals surface area contributed by atoms with Gasteiger partial charge < -0.3 is 4.55 Å². The standard InChI is InChI=1S/K.H2O5S2/c;1-6(2)7(3,4)5/h;(H,1,2)(H,3,4,5)/q+1;/p-1. The maximum atomic E-state index is 9.27. The van der Waals surface area contributed by atoms with E-state index in [4.69, 9.17) is 4.55 Å². The Balaban J connectivity index is 0. The molecule has 1 unspecified atom stereocenters. The Bertz CT molecular complexity index is 165. The molecule has 0 rings (SSSR count). The molecule has 0 aromatic heterocycles. The van der Waals surface area contributed by atoms with Crippen LogP contribution in [0.1, 0.15) is 0 Å². The second kappa shape index (κ2) is 4.47. The van der Waals surface area contributed by atoms with Crippen LogP contribution in [0.15, 0.2) is 0 Å². The smallest absolute Gasteiger partial charge is 0.758 e. The van der Waals surface area contributed by atoms with E-state index in [1.165, 1.54) is 0 Å². The van der Waals surface area contributed by atoms with Crippen molar-refractivity contribution in [2.24, 2.45) is 0 Å². The van der Waals surface area contributed by atoms with Gasteiger partial charge in [-0.25, -0.2) is 0 Å². The van der Waals surface area contributed by atoms with Crippen LogP contribution in [0.5, 0.6) is 0 Å². The zero-order chi connectivity index (χ0) is 6.08. The zero-order valence-electron chi connectivity index (χ0n) is 3.90. The van der Waals surface area contributed by atoms with Crippen molar-refractivity contribution in [1.82, 2.24) is 0 Å². The summed E-state index contributed by atoms with van der Waals surface area (Å²) in [5.41, 5.74) is 0. The maximum absolute atomic E-state index is 9.27. The normalized spacial score (nSPS) is 14.2. The molecule has 5 nitrogen and oxygen atoms in total.